The molecule has 1 aromatic rings. The number of rotatable bonds is 5. The Balaban J connectivity index is 2.49. The second kappa shape index (κ2) is 5.28. The standard InChI is InChI=1S/C10H17ClN2/c1-3-8-13-10(6-7-12-13)5-4-9(2)11/h6-7,9H,3-5,8H2,1-2H3. The third kappa shape index (κ3) is 3.39. The maximum Gasteiger partial charge on any atom is 0.0492 e. The van der Waals surface area contributed by atoms with Crippen molar-refractivity contribution in [2.24, 2.45) is 0 Å². The lowest BCUT2D eigenvalue weighted by molar-refractivity contribution is 0.566. The van der Waals surface area contributed by atoms with E-state index in [9.17, 15) is 0 Å². The molecule has 0 aromatic carbocycles. The first-order valence-corrected chi connectivity index (χ1v) is 5.32. The van der Waals surface area contributed by atoms with E-state index in [1.165, 1.54) is 5.69 Å². The van der Waals surface area contributed by atoms with Crippen LogP contribution >= 0.6 is 11.6 Å². The Morgan fingerprint density at radius 3 is 3.00 bits per heavy atom. The molecule has 0 spiro atoms. The number of hydrogen-bond acceptors (Lipinski definition) is 1. The van der Waals surface area contributed by atoms with Gasteiger partial charge in [0.1, 0.15) is 0 Å². The molecule has 0 aliphatic heterocycles. The molecule has 1 unspecified atom stereocenters. The van der Waals surface area contributed by atoms with Gasteiger partial charge in [0.25, 0.3) is 0 Å². The lowest BCUT2D eigenvalue weighted by atomic mass is 10.2. The highest BCUT2D eigenvalue weighted by Crippen LogP contribution is 2.08. The molecule has 74 valence electrons. The normalized spacial score (nSPS) is 13.2. The average Bonchev–Trinajstić information content (AvgIpc) is 2.49. The van der Waals surface area contributed by atoms with Crippen LogP contribution in [0.1, 0.15) is 32.4 Å². The minimum atomic E-state index is 0.255. The summed E-state index contributed by atoms with van der Waals surface area (Å²) in [5.41, 5.74) is 1.30. The lowest BCUT2D eigenvalue weighted by Gasteiger charge is -2.06. The molecule has 1 rings (SSSR count). The molecule has 0 saturated heterocycles. The van der Waals surface area contributed by atoms with E-state index in [4.69, 9.17) is 11.6 Å². The largest absolute Gasteiger partial charge is 0.270 e. The van der Waals surface area contributed by atoms with Crippen LogP contribution in [0.2, 0.25) is 0 Å². The van der Waals surface area contributed by atoms with Crippen LogP contribution in [0.5, 0.6) is 0 Å². The summed E-state index contributed by atoms with van der Waals surface area (Å²) in [4.78, 5) is 0. The van der Waals surface area contributed by atoms with Crippen molar-refractivity contribution in [3.63, 3.8) is 0 Å². The van der Waals surface area contributed by atoms with E-state index in [0.29, 0.717) is 0 Å². The molecule has 0 fully saturated rings. The molecular formula is C10H17ClN2. The van der Waals surface area contributed by atoms with E-state index in [0.717, 1.165) is 25.8 Å². The van der Waals surface area contributed by atoms with Crippen molar-refractivity contribution in [1.29, 1.82) is 0 Å². The summed E-state index contributed by atoms with van der Waals surface area (Å²) >= 11 is 5.89. The van der Waals surface area contributed by atoms with Crippen LogP contribution in [0.15, 0.2) is 12.3 Å². The molecule has 0 N–H and O–H groups in total. The Morgan fingerprint density at radius 1 is 1.62 bits per heavy atom. The highest BCUT2D eigenvalue weighted by molar-refractivity contribution is 6.20. The molecule has 13 heavy (non-hydrogen) atoms. The van der Waals surface area contributed by atoms with Gasteiger partial charge in [-0.15, -0.1) is 11.6 Å². The van der Waals surface area contributed by atoms with E-state index >= 15 is 0 Å². The summed E-state index contributed by atoms with van der Waals surface area (Å²) in [5.74, 6) is 0. The highest BCUT2D eigenvalue weighted by Gasteiger charge is 2.03. The summed E-state index contributed by atoms with van der Waals surface area (Å²) in [6, 6.07) is 2.08. The topological polar surface area (TPSA) is 17.8 Å². The molecule has 0 amide bonds. The van der Waals surface area contributed by atoms with Gasteiger partial charge < -0.3 is 0 Å². The van der Waals surface area contributed by atoms with Gasteiger partial charge >= 0.3 is 0 Å². The second-order valence-corrected chi connectivity index (χ2v) is 4.11. The van der Waals surface area contributed by atoms with Gasteiger partial charge in [-0.3, -0.25) is 4.68 Å². The van der Waals surface area contributed by atoms with E-state index in [2.05, 4.69) is 22.8 Å². The van der Waals surface area contributed by atoms with Gasteiger partial charge in [0.15, 0.2) is 0 Å². The molecule has 1 heterocycles. The summed E-state index contributed by atoms with van der Waals surface area (Å²) in [7, 11) is 0. The van der Waals surface area contributed by atoms with Crippen molar-refractivity contribution in [3.05, 3.63) is 18.0 Å². The summed E-state index contributed by atoms with van der Waals surface area (Å²) in [5, 5.41) is 4.51. The first-order chi connectivity index (χ1) is 6.24. The monoisotopic (exact) mass is 200 g/mol. The van der Waals surface area contributed by atoms with Gasteiger partial charge in [-0.05, 0) is 32.3 Å². The third-order valence-electron chi connectivity index (χ3n) is 2.04. The molecule has 3 heteroatoms. The fourth-order valence-corrected chi connectivity index (χ4v) is 1.44. The fraction of sp³-hybridized carbons (Fsp3) is 0.700. The zero-order valence-electron chi connectivity index (χ0n) is 8.33. The van der Waals surface area contributed by atoms with Crippen molar-refractivity contribution < 1.29 is 0 Å². The predicted octanol–water partition coefficient (Wildman–Crippen LogP) is 2.85. The van der Waals surface area contributed by atoms with Crippen molar-refractivity contribution in [3.8, 4) is 0 Å². The number of halogens is 1. The smallest absolute Gasteiger partial charge is 0.0492 e. The molecule has 1 atom stereocenters. The molecule has 0 bridgehead atoms. The average molecular weight is 201 g/mol. The van der Waals surface area contributed by atoms with E-state index < -0.39 is 0 Å². The van der Waals surface area contributed by atoms with E-state index in [1.807, 2.05) is 13.1 Å². The van der Waals surface area contributed by atoms with Crippen LogP contribution in [0.25, 0.3) is 0 Å². The Bertz CT molecular complexity index is 243. The highest BCUT2D eigenvalue weighted by atomic mass is 35.5. The number of aromatic nitrogens is 2. The number of nitrogens with zero attached hydrogens (tertiary/aromatic N) is 2. The number of hydrogen-bond donors (Lipinski definition) is 0. The van der Waals surface area contributed by atoms with Crippen molar-refractivity contribution in [2.75, 3.05) is 0 Å². The zero-order chi connectivity index (χ0) is 9.68. The number of aryl methyl sites for hydroxylation is 2. The quantitative estimate of drug-likeness (QED) is 0.669. The van der Waals surface area contributed by atoms with Gasteiger partial charge in [-0.25, -0.2) is 0 Å². The zero-order valence-corrected chi connectivity index (χ0v) is 9.09. The van der Waals surface area contributed by atoms with Crippen molar-refractivity contribution in [1.82, 2.24) is 9.78 Å². The van der Waals surface area contributed by atoms with Gasteiger partial charge in [-0.2, -0.15) is 5.10 Å². The first-order valence-electron chi connectivity index (χ1n) is 4.88. The van der Waals surface area contributed by atoms with Crippen molar-refractivity contribution in [2.45, 2.75) is 45.0 Å². The Hall–Kier alpha value is -0.500. The lowest BCUT2D eigenvalue weighted by Crippen LogP contribution is -2.06. The van der Waals surface area contributed by atoms with Gasteiger partial charge in [0.2, 0.25) is 0 Å². The molecule has 0 radical (unpaired) electrons. The molecule has 0 aliphatic carbocycles. The van der Waals surface area contributed by atoms with Crippen LogP contribution < -0.4 is 0 Å². The molecule has 0 saturated carbocycles. The molecular weight excluding hydrogens is 184 g/mol. The van der Waals surface area contributed by atoms with Gasteiger partial charge in [0, 0.05) is 23.8 Å². The van der Waals surface area contributed by atoms with Gasteiger partial charge in [-0.1, -0.05) is 6.92 Å². The molecule has 2 nitrogen and oxygen atoms in total. The fourth-order valence-electron chi connectivity index (χ4n) is 1.33. The van der Waals surface area contributed by atoms with Crippen LogP contribution in [0, 0.1) is 0 Å². The maximum atomic E-state index is 5.89. The minimum Gasteiger partial charge on any atom is -0.270 e. The summed E-state index contributed by atoms with van der Waals surface area (Å²) < 4.78 is 2.07. The van der Waals surface area contributed by atoms with Crippen LogP contribution in [0.3, 0.4) is 0 Å². The summed E-state index contributed by atoms with van der Waals surface area (Å²) in [6.07, 6.45) is 5.05. The molecule has 0 aliphatic rings. The first kappa shape index (κ1) is 10.6. The Kier molecular flexibility index (Phi) is 4.29. The number of alkyl halides is 1. The van der Waals surface area contributed by atoms with Crippen molar-refractivity contribution >= 4 is 11.6 Å². The van der Waals surface area contributed by atoms with E-state index in [-0.39, 0.29) is 5.38 Å². The Labute approximate surface area is 84.9 Å². The third-order valence-corrected chi connectivity index (χ3v) is 2.26. The Morgan fingerprint density at radius 2 is 2.38 bits per heavy atom. The summed E-state index contributed by atoms with van der Waals surface area (Å²) in [6.45, 7) is 5.21. The van der Waals surface area contributed by atoms with E-state index in [1.54, 1.807) is 0 Å². The van der Waals surface area contributed by atoms with Crippen LogP contribution in [-0.2, 0) is 13.0 Å². The van der Waals surface area contributed by atoms with Crippen LogP contribution in [0.4, 0.5) is 0 Å². The van der Waals surface area contributed by atoms with Crippen LogP contribution in [-0.4, -0.2) is 15.2 Å². The SMILES string of the molecule is CCCn1nccc1CCC(C)Cl. The van der Waals surface area contributed by atoms with Gasteiger partial charge in [0.05, 0.1) is 0 Å². The maximum absolute atomic E-state index is 5.89. The minimum absolute atomic E-state index is 0.255. The predicted molar refractivity (Wildman–Crippen MR) is 56.2 cm³/mol. The molecule has 1 aromatic heterocycles. The second-order valence-electron chi connectivity index (χ2n) is 3.37.